The van der Waals surface area contributed by atoms with Crippen LogP contribution >= 0.6 is 11.8 Å². The molecule has 0 bridgehead atoms. The van der Waals surface area contributed by atoms with Crippen LogP contribution in [0.3, 0.4) is 0 Å². The minimum absolute atomic E-state index is 0.0205. The number of anilines is 1. The topological polar surface area (TPSA) is 47.6 Å². The first-order valence-electron chi connectivity index (χ1n) is 8.24. The largest absolute Gasteiger partial charge is 0.493 e. The van der Waals surface area contributed by atoms with Crippen molar-refractivity contribution >= 4 is 23.4 Å². The van der Waals surface area contributed by atoms with Crippen molar-refractivity contribution in [2.24, 2.45) is 0 Å². The van der Waals surface area contributed by atoms with Gasteiger partial charge < -0.3 is 14.8 Å². The molecule has 0 radical (unpaired) electrons. The minimum atomic E-state index is -0.238. The van der Waals surface area contributed by atoms with E-state index < -0.39 is 0 Å². The van der Waals surface area contributed by atoms with Crippen LogP contribution in [-0.4, -0.2) is 25.4 Å². The summed E-state index contributed by atoms with van der Waals surface area (Å²) in [6, 6.07) is 13.6. The Bertz CT molecular complexity index is 731. The molecule has 0 fully saturated rings. The Hall–Kier alpha value is -2.14. The van der Waals surface area contributed by atoms with Crippen LogP contribution in [0.2, 0.25) is 0 Å². The number of carbonyl (C=O) groups excluding carboxylic acids is 1. The monoisotopic (exact) mass is 359 g/mol. The third-order valence-corrected chi connectivity index (χ3v) is 4.97. The lowest BCUT2D eigenvalue weighted by Gasteiger charge is -2.17. The van der Waals surface area contributed by atoms with E-state index in [9.17, 15) is 4.79 Å². The molecule has 0 aliphatic heterocycles. The highest BCUT2D eigenvalue weighted by molar-refractivity contribution is 8.00. The van der Waals surface area contributed by atoms with E-state index in [-0.39, 0.29) is 11.2 Å². The zero-order chi connectivity index (χ0) is 18.4. The van der Waals surface area contributed by atoms with E-state index in [1.807, 2.05) is 49.4 Å². The first-order chi connectivity index (χ1) is 12.0. The van der Waals surface area contributed by atoms with E-state index >= 15 is 0 Å². The van der Waals surface area contributed by atoms with Crippen molar-refractivity contribution in [2.45, 2.75) is 36.8 Å². The van der Waals surface area contributed by atoms with E-state index in [1.54, 1.807) is 14.2 Å². The van der Waals surface area contributed by atoms with Crippen molar-refractivity contribution < 1.29 is 14.3 Å². The highest BCUT2D eigenvalue weighted by atomic mass is 32.2. The Morgan fingerprint density at radius 2 is 1.68 bits per heavy atom. The van der Waals surface area contributed by atoms with Gasteiger partial charge in [0.2, 0.25) is 5.91 Å². The number of rotatable bonds is 7. The van der Waals surface area contributed by atoms with Gasteiger partial charge in [-0.3, -0.25) is 4.79 Å². The summed E-state index contributed by atoms with van der Waals surface area (Å²) >= 11 is 1.49. The third kappa shape index (κ3) is 4.92. The van der Waals surface area contributed by atoms with Crippen molar-refractivity contribution in [3.63, 3.8) is 0 Å². The number of ether oxygens (including phenoxy) is 2. The van der Waals surface area contributed by atoms with Crippen molar-refractivity contribution in [3.8, 4) is 11.5 Å². The zero-order valence-corrected chi connectivity index (χ0v) is 16.1. The molecule has 0 unspecified atom stereocenters. The number of benzene rings is 2. The van der Waals surface area contributed by atoms with Gasteiger partial charge in [0.15, 0.2) is 11.5 Å². The van der Waals surface area contributed by atoms with E-state index in [4.69, 9.17) is 9.47 Å². The summed E-state index contributed by atoms with van der Waals surface area (Å²) in [5, 5.41) is 2.81. The van der Waals surface area contributed by atoms with E-state index in [0.717, 1.165) is 16.1 Å². The first kappa shape index (κ1) is 19.2. The fourth-order valence-electron chi connectivity index (χ4n) is 2.50. The fourth-order valence-corrected chi connectivity index (χ4v) is 3.39. The van der Waals surface area contributed by atoms with E-state index in [1.165, 1.54) is 11.8 Å². The maximum atomic E-state index is 12.6. The number of thioether (sulfide) groups is 1. The fraction of sp³-hybridized carbons (Fsp3) is 0.350. The molecule has 0 heterocycles. The predicted octanol–water partition coefficient (Wildman–Crippen LogP) is 4.95. The Morgan fingerprint density at radius 1 is 1.00 bits per heavy atom. The van der Waals surface area contributed by atoms with Gasteiger partial charge in [-0.25, -0.2) is 0 Å². The second-order valence-corrected chi connectivity index (χ2v) is 7.42. The van der Waals surface area contributed by atoms with Crippen molar-refractivity contribution in [1.29, 1.82) is 0 Å². The zero-order valence-electron chi connectivity index (χ0n) is 15.3. The molecule has 5 heteroatoms. The molecule has 1 N–H and O–H groups in total. The van der Waals surface area contributed by atoms with Gasteiger partial charge in [-0.05, 0) is 42.7 Å². The molecule has 0 saturated heterocycles. The molecule has 0 aliphatic rings. The van der Waals surface area contributed by atoms with Crippen LogP contribution in [0.5, 0.6) is 11.5 Å². The molecule has 2 rings (SSSR count). The summed E-state index contributed by atoms with van der Waals surface area (Å²) in [7, 11) is 3.21. The van der Waals surface area contributed by atoms with Crippen molar-refractivity contribution in [2.75, 3.05) is 19.5 Å². The Morgan fingerprint density at radius 3 is 2.32 bits per heavy atom. The summed E-state index contributed by atoms with van der Waals surface area (Å²) < 4.78 is 10.6. The van der Waals surface area contributed by atoms with Gasteiger partial charge in [0.1, 0.15) is 0 Å². The molecular weight excluding hydrogens is 334 g/mol. The van der Waals surface area contributed by atoms with Crippen molar-refractivity contribution in [3.05, 3.63) is 48.0 Å². The van der Waals surface area contributed by atoms with Gasteiger partial charge in [-0.1, -0.05) is 32.0 Å². The maximum absolute atomic E-state index is 12.6. The molecule has 0 saturated carbocycles. The third-order valence-electron chi connectivity index (χ3n) is 3.88. The van der Waals surface area contributed by atoms with Crippen LogP contribution < -0.4 is 14.8 Å². The number of nitrogens with one attached hydrogen (secondary N) is 1. The van der Waals surface area contributed by atoms with Crippen LogP contribution in [0, 0.1) is 0 Å². The summed E-state index contributed by atoms with van der Waals surface area (Å²) in [4.78, 5) is 13.5. The standard InChI is InChI=1S/C20H25NO3S/c1-13(2)16-8-6-7-9-17(16)21-20(22)14(3)25-15-10-11-18(23-4)19(12-15)24-5/h6-14H,1-5H3,(H,21,22)/t14-/m0/s1. The van der Waals surface area contributed by atoms with Gasteiger partial charge in [0.25, 0.3) is 0 Å². The lowest BCUT2D eigenvalue weighted by Crippen LogP contribution is -2.23. The molecule has 1 atom stereocenters. The summed E-state index contributed by atoms with van der Waals surface area (Å²) in [6.07, 6.45) is 0. The van der Waals surface area contributed by atoms with Gasteiger partial charge in [-0.2, -0.15) is 0 Å². The van der Waals surface area contributed by atoms with Crippen LogP contribution in [0.1, 0.15) is 32.3 Å². The summed E-state index contributed by atoms with van der Waals surface area (Å²) in [5.74, 6) is 1.67. The second kappa shape index (κ2) is 8.81. The van der Waals surface area contributed by atoms with Crippen LogP contribution in [0.4, 0.5) is 5.69 Å². The molecule has 0 aliphatic carbocycles. The molecule has 2 aromatic carbocycles. The molecule has 25 heavy (non-hydrogen) atoms. The van der Waals surface area contributed by atoms with Crippen LogP contribution in [-0.2, 0) is 4.79 Å². The van der Waals surface area contributed by atoms with Gasteiger partial charge in [-0.15, -0.1) is 11.8 Å². The summed E-state index contributed by atoms with van der Waals surface area (Å²) in [6.45, 7) is 6.13. The highest BCUT2D eigenvalue weighted by Gasteiger charge is 2.17. The van der Waals surface area contributed by atoms with E-state index in [2.05, 4.69) is 19.2 Å². The lowest BCUT2D eigenvalue weighted by molar-refractivity contribution is -0.115. The smallest absolute Gasteiger partial charge is 0.237 e. The number of methoxy groups -OCH3 is 2. The number of hydrogen-bond donors (Lipinski definition) is 1. The van der Waals surface area contributed by atoms with Crippen LogP contribution in [0.25, 0.3) is 0 Å². The van der Waals surface area contributed by atoms with E-state index in [0.29, 0.717) is 17.4 Å². The normalized spacial score (nSPS) is 11.9. The Kier molecular flexibility index (Phi) is 6.76. The average Bonchev–Trinajstić information content (AvgIpc) is 2.61. The van der Waals surface area contributed by atoms with Gasteiger partial charge in [0, 0.05) is 10.6 Å². The molecule has 1 amide bonds. The molecule has 0 aromatic heterocycles. The Labute approximate surface area is 153 Å². The molecule has 2 aromatic rings. The minimum Gasteiger partial charge on any atom is -0.493 e. The van der Waals surface area contributed by atoms with Gasteiger partial charge >= 0.3 is 0 Å². The molecule has 0 spiro atoms. The first-order valence-corrected chi connectivity index (χ1v) is 9.12. The number of para-hydroxylation sites is 1. The maximum Gasteiger partial charge on any atom is 0.237 e. The number of amides is 1. The SMILES string of the molecule is COc1ccc(S[C@@H](C)C(=O)Nc2ccccc2C(C)C)cc1OC. The molecule has 4 nitrogen and oxygen atoms in total. The second-order valence-electron chi connectivity index (χ2n) is 6.01. The van der Waals surface area contributed by atoms with Crippen LogP contribution in [0.15, 0.2) is 47.4 Å². The number of carbonyl (C=O) groups is 1. The number of hydrogen-bond acceptors (Lipinski definition) is 4. The lowest BCUT2D eigenvalue weighted by atomic mass is 10.0. The summed E-state index contributed by atoms with van der Waals surface area (Å²) in [5.41, 5.74) is 2.02. The van der Waals surface area contributed by atoms with Gasteiger partial charge in [0.05, 0.1) is 19.5 Å². The Balaban J connectivity index is 2.08. The quantitative estimate of drug-likeness (QED) is 0.711. The average molecular weight is 359 g/mol. The van der Waals surface area contributed by atoms with Crippen molar-refractivity contribution in [1.82, 2.24) is 0 Å². The highest BCUT2D eigenvalue weighted by Crippen LogP contribution is 2.34. The molecular formula is C20H25NO3S. The molecule has 134 valence electrons. The predicted molar refractivity (Wildman–Crippen MR) is 104 cm³/mol.